The van der Waals surface area contributed by atoms with Crippen LogP contribution in [0.5, 0.6) is 0 Å². The highest BCUT2D eigenvalue weighted by Crippen LogP contribution is 2.31. The average molecular weight is 320 g/mol. The molecule has 0 aromatic carbocycles. The Morgan fingerprint density at radius 2 is 2.33 bits per heavy atom. The first-order chi connectivity index (χ1) is 10.1. The SMILES string of the molecule is Cc1cc(NC(=O)[C@H](C)Sc2ncnc3ccsc23)on1. The number of hydrogen-bond donors (Lipinski definition) is 1. The number of anilines is 1. The topological polar surface area (TPSA) is 80.9 Å². The van der Waals surface area contributed by atoms with E-state index >= 15 is 0 Å². The van der Waals surface area contributed by atoms with Crippen LogP contribution in [0.4, 0.5) is 5.88 Å². The minimum absolute atomic E-state index is 0.153. The van der Waals surface area contributed by atoms with E-state index in [9.17, 15) is 4.79 Å². The molecule has 0 fully saturated rings. The lowest BCUT2D eigenvalue weighted by Crippen LogP contribution is -2.22. The highest BCUT2D eigenvalue weighted by Gasteiger charge is 2.18. The molecule has 6 nitrogen and oxygen atoms in total. The van der Waals surface area contributed by atoms with Gasteiger partial charge in [0.05, 0.1) is 21.2 Å². The van der Waals surface area contributed by atoms with Crippen LogP contribution >= 0.6 is 23.1 Å². The molecule has 3 aromatic rings. The van der Waals surface area contributed by atoms with E-state index in [1.165, 1.54) is 18.1 Å². The van der Waals surface area contributed by atoms with Crippen LogP contribution in [0.25, 0.3) is 10.2 Å². The van der Waals surface area contributed by atoms with Gasteiger partial charge in [0.2, 0.25) is 11.8 Å². The molecule has 0 spiro atoms. The Labute approximate surface area is 129 Å². The summed E-state index contributed by atoms with van der Waals surface area (Å²) in [7, 11) is 0. The fourth-order valence-corrected chi connectivity index (χ4v) is 3.55. The van der Waals surface area contributed by atoms with Crippen molar-refractivity contribution in [3.05, 3.63) is 29.5 Å². The van der Waals surface area contributed by atoms with E-state index in [1.807, 2.05) is 18.4 Å². The van der Waals surface area contributed by atoms with Crippen LogP contribution in [0, 0.1) is 6.92 Å². The summed E-state index contributed by atoms with van der Waals surface area (Å²) in [5.41, 5.74) is 1.62. The largest absolute Gasteiger partial charge is 0.338 e. The van der Waals surface area contributed by atoms with Crippen molar-refractivity contribution in [1.82, 2.24) is 15.1 Å². The number of carbonyl (C=O) groups excluding carboxylic acids is 1. The van der Waals surface area contributed by atoms with Crippen molar-refractivity contribution < 1.29 is 9.32 Å². The van der Waals surface area contributed by atoms with Gasteiger partial charge in [-0.2, -0.15) is 0 Å². The van der Waals surface area contributed by atoms with Crippen molar-refractivity contribution in [2.45, 2.75) is 24.1 Å². The van der Waals surface area contributed by atoms with Crippen molar-refractivity contribution in [2.24, 2.45) is 0 Å². The van der Waals surface area contributed by atoms with Gasteiger partial charge in [0, 0.05) is 6.07 Å². The molecule has 0 aliphatic carbocycles. The number of thiophene rings is 1. The van der Waals surface area contributed by atoms with Crippen LogP contribution < -0.4 is 5.32 Å². The lowest BCUT2D eigenvalue weighted by molar-refractivity contribution is -0.115. The summed E-state index contributed by atoms with van der Waals surface area (Å²) < 4.78 is 5.98. The fraction of sp³-hybridized carbons (Fsp3) is 0.231. The molecule has 0 bridgehead atoms. The minimum atomic E-state index is -0.310. The molecule has 1 atom stereocenters. The number of aryl methyl sites for hydroxylation is 1. The summed E-state index contributed by atoms with van der Waals surface area (Å²) in [6.45, 7) is 3.62. The number of carbonyl (C=O) groups is 1. The number of nitrogens with zero attached hydrogens (tertiary/aromatic N) is 3. The summed E-state index contributed by atoms with van der Waals surface area (Å²) in [5.74, 6) is 0.202. The first-order valence-corrected chi connectivity index (χ1v) is 7.98. The zero-order valence-electron chi connectivity index (χ0n) is 11.4. The number of amides is 1. The molecule has 0 radical (unpaired) electrons. The molecule has 0 unspecified atom stereocenters. The Kier molecular flexibility index (Phi) is 3.89. The third-order valence-corrected chi connectivity index (χ3v) is 4.88. The van der Waals surface area contributed by atoms with Gasteiger partial charge >= 0.3 is 0 Å². The predicted octanol–water partition coefficient (Wildman–Crippen LogP) is 3.11. The maximum atomic E-state index is 12.1. The molecule has 8 heteroatoms. The quantitative estimate of drug-likeness (QED) is 0.587. The molecule has 0 aliphatic heterocycles. The molecule has 108 valence electrons. The summed E-state index contributed by atoms with van der Waals surface area (Å²) in [6.07, 6.45) is 1.52. The monoisotopic (exact) mass is 320 g/mol. The summed E-state index contributed by atoms with van der Waals surface area (Å²) >= 11 is 2.97. The van der Waals surface area contributed by atoms with Gasteiger partial charge in [-0.05, 0) is 25.3 Å². The third-order valence-electron chi connectivity index (χ3n) is 2.74. The Morgan fingerprint density at radius 3 is 3.10 bits per heavy atom. The second kappa shape index (κ2) is 5.82. The van der Waals surface area contributed by atoms with E-state index in [-0.39, 0.29) is 11.2 Å². The van der Waals surface area contributed by atoms with Gasteiger partial charge in [0.25, 0.3) is 0 Å². The van der Waals surface area contributed by atoms with E-state index < -0.39 is 0 Å². The molecule has 21 heavy (non-hydrogen) atoms. The normalized spacial score (nSPS) is 12.5. The molecule has 3 rings (SSSR count). The van der Waals surface area contributed by atoms with E-state index in [4.69, 9.17) is 4.52 Å². The van der Waals surface area contributed by atoms with Crippen LogP contribution in [0.15, 0.2) is 33.4 Å². The molecule has 0 aliphatic rings. The number of nitrogens with one attached hydrogen (secondary N) is 1. The van der Waals surface area contributed by atoms with Crippen molar-refractivity contribution >= 4 is 45.1 Å². The molecule has 3 aromatic heterocycles. The standard InChI is InChI=1S/C13H12N4O2S2/c1-7-5-10(19-17-7)16-12(18)8(2)21-13-11-9(3-4-20-11)14-6-15-13/h3-6,8H,1-2H3,(H,16,18)/t8-/m0/s1. The molecule has 0 saturated carbocycles. The zero-order chi connectivity index (χ0) is 14.8. The first kappa shape index (κ1) is 14.0. The lowest BCUT2D eigenvalue weighted by atomic mass is 10.4. The fourth-order valence-electron chi connectivity index (χ4n) is 1.72. The molecule has 1 amide bonds. The van der Waals surface area contributed by atoms with E-state index in [0.717, 1.165) is 20.9 Å². The summed E-state index contributed by atoms with van der Waals surface area (Å²) in [5, 5.41) is 8.89. The van der Waals surface area contributed by atoms with E-state index in [0.29, 0.717) is 5.88 Å². The van der Waals surface area contributed by atoms with Crippen molar-refractivity contribution in [3.8, 4) is 0 Å². The van der Waals surface area contributed by atoms with Crippen molar-refractivity contribution in [2.75, 3.05) is 5.32 Å². The average Bonchev–Trinajstić information content (AvgIpc) is 3.08. The maximum absolute atomic E-state index is 12.1. The number of hydrogen-bond acceptors (Lipinski definition) is 7. The second-order valence-electron chi connectivity index (χ2n) is 4.40. The molecular formula is C13H12N4O2S2. The predicted molar refractivity (Wildman–Crippen MR) is 82.6 cm³/mol. The van der Waals surface area contributed by atoms with Gasteiger partial charge in [-0.15, -0.1) is 11.3 Å². The molecule has 3 heterocycles. The number of rotatable bonds is 4. The smallest absolute Gasteiger partial charge is 0.240 e. The van der Waals surface area contributed by atoms with Gasteiger partial charge < -0.3 is 4.52 Å². The number of thioether (sulfide) groups is 1. The molecule has 1 N–H and O–H groups in total. The summed E-state index contributed by atoms with van der Waals surface area (Å²) in [6, 6.07) is 3.62. The Hall–Kier alpha value is -1.93. The van der Waals surface area contributed by atoms with Gasteiger partial charge in [0.1, 0.15) is 11.4 Å². The van der Waals surface area contributed by atoms with Crippen molar-refractivity contribution in [3.63, 3.8) is 0 Å². The second-order valence-corrected chi connectivity index (χ2v) is 6.64. The number of aromatic nitrogens is 3. The Balaban J connectivity index is 1.72. The minimum Gasteiger partial charge on any atom is -0.338 e. The van der Waals surface area contributed by atoms with Crippen LogP contribution in [-0.2, 0) is 4.79 Å². The van der Waals surface area contributed by atoms with E-state index in [1.54, 1.807) is 24.3 Å². The van der Waals surface area contributed by atoms with Gasteiger partial charge in [-0.3, -0.25) is 10.1 Å². The van der Waals surface area contributed by atoms with Gasteiger partial charge in [-0.1, -0.05) is 16.9 Å². The lowest BCUT2D eigenvalue weighted by Gasteiger charge is -2.09. The highest BCUT2D eigenvalue weighted by molar-refractivity contribution is 8.00. The zero-order valence-corrected chi connectivity index (χ0v) is 13.0. The van der Waals surface area contributed by atoms with Crippen LogP contribution in [0.2, 0.25) is 0 Å². The van der Waals surface area contributed by atoms with Gasteiger partial charge in [-0.25, -0.2) is 9.97 Å². The highest BCUT2D eigenvalue weighted by atomic mass is 32.2. The summed E-state index contributed by atoms with van der Waals surface area (Å²) in [4.78, 5) is 20.6. The van der Waals surface area contributed by atoms with E-state index in [2.05, 4.69) is 20.4 Å². The Morgan fingerprint density at radius 1 is 1.48 bits per heavy atom. The third kappa shape index (κ3) is 3.06. The number of fused-ring (bicyclic) bond motifs is 1. The Bertz CT molecular complexity index is 783. The molecular weight excluding hydrogens is 308 g/mol. The maximum Gasteiger partial charge on any atom is 0.240 e. The first-order valence-electron chi connectivity index (χ1n) is 6.22. The molecule has 0 saturated heterocycles. The van der Waals surface area contributed by atoms with Crippen LogP contribution in [-0.4, -0.2) is 26.3 Å². The van der Waals surface area contributed by atoms with Crippen LogP contribution in [0.3, 0.4) is 0 Å². The van der Waals surface area contributed by atoms with Crippen LogP contribution in [0.1, 0.15) is 12.6 Å². The van der Waals surface area contributed by atoms with Gasteiger partial charge in [0.15, 0.2) is 0 Å². The van der Waals surface area contributed by atoms with Crippen molar-refractivity contribution in [1.29, 1.82) is 0 Å².